The average Bonchev–Trinajstić information content (AvgIpc) is 3.12. The molecule has 1 amide bonds. The highest BCUT2D eigenvalue weighted by Gasteiger charge is 2.25. The van der Waals surface area contributed by atoms with E-state index < -0.39 is 12.5 Å². The number of nitrogens with one attached hydrogen (secondary N) is 1. The van der Waals surface area contributed by atoms with Crippen molar-refractivity contribution >= 4 is 23.4 Å². The van der Waals surface area contributed by atoms with E-state index in [2.05, 4.69) is 15.4 Å². The highest BCUT2D eigenvalue weighted by molar-refractivity contribution is 5.82. The second kappa shape index (κ2) is 7.50. The van der Waals surface area contributed by atoms with Gasteiger partial charge in [0.05, 0.1) is 6.20 Å². The molecule has 1 aliphatic rings. The van der Waals surface area contributed by atoms with Crippen molar-refractivity contribution < 1.29 is 18.7 Å². The summed E-state index contributed by atoms with van der Waals surface area (Å²) in [6.07, 6.45) is 1.02. The minimum absolute atomic E-state index is 0.0662. The maximum absolute atomic E-state index is 13.9. The number of rotatable bonds is 4. The van der Waals surface area contributed by atoms with Gasteiger partial charge in [0.1, 0.15) is 11.6 Å². The molecule has 0 atom stereocenters. The molecule has 0 spiro atoms. The standard InChI is InChI=1S/C20H19F2N5O2/c1-26-11-13(10-23-26)14-8-12-4-3-7-27(16(12)9-15(14)19(21)22)18-6-2-5-17(24-18)25-20(28)29/h2,5-6,8-11,19H,3-4,7H2,1H3,(H,24,25)(H,28,29). The molecule has 4 rings (SSSR count). The van der Waals surface area contributed by atoms with Crippen LogP contribution in [-0.4, -0.2) is 32.5 Å². The first-order chi connectivity index (χ1) is 13.9. The maximum atomic E-state index is 13.9. The molecule has 0 unspecified atom stereocenters. The summed E-state index contributed by atoms with van der Waals surface area (Å²) in [5.41, 5.74) is 2.66. The monoisotopic (exact) mass is 399 g/mol. The van der Waals surface area contributed by atoms with Gasteiger partial charge in [-0.2, -0.15) is 5.10 Å². The number of aromatic nitrogens is 3. The summed E-state index contributed by atoms with van der Waals surface area (Å²) in [6, 6.07) is 8.28. The number of anilines is 3. The average molecular weight is 399 g/mol. The summed E-state index contributed by atoms with van der Waals surface area (Å²) in [4.78, 5) is 17.1. The van der Waals surface area contributed by atoms with E-state index in [1.54, 1.807) is 48.4 Å². The largest absolute Gasteiger partial charge is 0.465 e. The Bertz CT molecular complexity index is 1070. The van der Waals surface area contributed by atoms with E-state index in [4.69, 9.17) is 5.11 Å². The fraction of sp³-hybridized carbons (Fsp3) is 0.250. The number of hydrogen-bond donors (Lipinski definition) is 2. The second-order valence-electron chi connectivity index (χ2n) is 6.84. The Morgan fingerprint density at radius 1 is 1.31 bits per heavy atom. The number of carbonyl (C=O) groups is 1. The third-order valence-electron chi connectivity index (χ3n) is 4.87. The summed E-state index contributed by atoms with van der Waals surface area (Å²) in [5.74, 6) is 0.690. The van der Waals surface area contributed by atoms with Gasteiger partial charge in [0.15, 0.2) is 0 Å². The summed E-state index contributed by atoms with van der Waals surface area (Å²) < 4.78 is 29.4. The van der Waals surface area contributed by atoms with Gasteiger partial charge in [-0.25, -0.2) is 18.6 Å². The van der Waals surface area contributed by atoms with Gasteiger partial charge in [-0.15, -0.1) is 0 Å². The minimum Gasteiger partial charge on any atom is -0.465 e. The van der Waals surface area contributed by atoms with Crippen LogP contribution in [0, 0.1) is 0 Å². The van der Waals surface area contributed by atoms with Gasteiger partial charge in [-0.3, -0.25) is 10.00 Å². The van der Waals surface area contributed by atoms with Gasteiger partial charge < -0.3 is 10.0 Å². The number of hydrogen-bond acceptors (Lipinski definition) is 4. The van der Waals surface area contributed by atoms with Crippen LogP contribution in [-0.2, 0) is 13.5 Å². The van der Waals surface area contributed by atoms with Crippen LogP contribution < -0.4 is 10.2 Å². The topological polar surface area (TPSA) is 83.3 Å². The molecule has 2 N–H and O–H groups in total. The lowest BCUT2D eigenvalue weighted by atomic mass is 9.93. The van der Waals surface area contributed by atoms with Crippen molar-refractivity contribution in [1.82, 2.24) is 14.8 Å². The number of benzene rings is 1. The maximum Gasteiger partial charge on any atom is 0.410 e. The van der Waals surface area contributed by atoms with E-state index in [1.165, 1.54) is 6.07 Å². The molecule has 3 heterocycles. The highest BCUT2D eigenvalue weighted by atomic mass is 19.3. The van der Waals surface area contributed by atoms with Crippen LogP contribution in [0.5, 0.6) is 0 Å². The number of fused-ring (bicyclic) bond motifs is 1. The minimum atomic E-state index is -2.65. The molecule has 0 saturated heterocycles. The lowest BCUT2D eigenvalue weighted by molar-refractivity contribution is 0.152. The van der Waals surface area contributed by atoms with Crippen molar-refractivity contribution in [3.8, 4) is 11.1 Å². The Morgan fingerprint density at radius 3 is 2.83 bits per heavy atom. The smallest absolute Gasteiger partial charge is 0.410 e. The fourth-order valence-electron chi connectivity index (χ4n) is 3.63. The molecule has 150 valence electrons. The van der Waals surface area contributed by atoms with Crippen LogP contribution in [0.15, 0.2) is 42.7 Å². The Labute approximate surface area is 165 Å². The Morgan fingerprint density at radius 2 is 2.14 bits per heavy atom. The molecule has 2 aromatic heterocycles. The van der Waals surface area contributed by atoms with Crippen molar-refractivity contribution in [3.05, 3.63) is 53.9 Å². The number of carboxylic acid groups (broad SMARTS) is 1. The van der Waals surface area contributed by atoms with E-state index >= 15 is 0 Å². The van der Waals surface area contributed by atoms with Gasteiger partial charge in [0.2, 0.25) is 0 Å². The SMILES string of the molecule is Cn1cc(-c2cc3c(cc2C(F)F)N(c2cccc(NC(=O)O)n2)CCC3)cn1. The third-order valence-corrected chi connectivity index (χ3v) is 4.87. The molecule has 1 aromatic carbocycles. The van der Waals surface area contributed by atoms with Crippen molar-refractivity contribution in [1.29, 1.82) is 0 Å². The van der Waals surface area contributed by atoms with Gasteiger partial charge >= 0.3 is 6.09 Å². The summed E-state index contributed by atoms with van der Waals surface area (Å²) >= 11 is 0. The predicted molar refractivity (Wildman–Crippen MR) is 105 cm³/mol. The number of nitrogens with zero attached hydrogens (tertiary/aromatic N) is 4. The number of aryl methyl sites for hydroxylation is 2. The molecule has 0 fully saturated rings. The summed E-state index contributed by atoms with van der Waals surface area (Å²) in [7, 11) is 1.75. The van der Waals surface area contributed by atoms with Crippen molar-refractivity contribution in [3.63, 3.8) is 0 Å². The zero-order valence-electron chi connectivity index (χ0n) is 15.6. The van der Waals surface area contributed by atoms with E-state index in [-0.39, 0.29) is 11.4 Å². The first-order valence-electron chi connectivity index (χ1n) is 9.11. The second-order valence-corrected chi connectivity index (χ2v) is 6.84. The Kier molecular flexibility index (Phi) is 4.87. The van der Waals surface area contributed by atoms with E-state index in [0.29, 0.717) is 29.2 Å². The lowest BCUT2D eigenvalue weighted by Gasteiger charge is -2.32. The van der Waals surface area contributed by atoms with Crippen LogP contribution in [0.1, 0.15) is 24.0 Å². The molecule has 29 heavy (non-hydrogen) atoms. The molecule has 0 aliphatic carbocycles. The lowest BCUT2D eigenvalue weighted by Crippen LogP contribution is -2.26. The first kappa shape index (κ1) is 18.9. The van der Waals surface area contributed by atoms with Crippen LogP contribution in [0.25, 0.3) is 11.1 Å². The van der Waals surface area contributed by atoms with Crippen molar-refractivity contribution in [2.75, 3.05) is 16.8 Å². The number of halogens is 2. The molecule has 3 aromatic rings. The zero-order chi connectivity index (χ0) is 20.5. The number of pyridine rings is 1. The number of amides is 1. The van der Waals surface area contributed by atoms with E-state index in [9.17, 15) is 13.6 Å². The van der Waals surface area contributed by atoms with Gasteiger partial charge in [0.25, 0.3) is 6.43 Å². The van der Waals surface area contributed by atoms with Gasteiger partial charge in [0, 0.05) is 36.6 Å². The predicted octanol–water partition coefficient (Wildman–Crippen LogP) is 4.59. The molecule has 9 heteroatoms. The van der Waals surface area contributed by atoms with Crippen LogP contribution in [0.3, 0.4) is 0 Å². The normalized spacial score (nSPS) is 13.4. The highest BCUT2D eigenvalue weighted by Crippen LogP contribution is 2.40. The summed E-state index contributed by atoms with van der Waals surface area (Å²) in [6.45, 7) is 0.603. The van der Waals surface area contributed by atoms with Crippen LogP contribution in [0.2, 0.25) is 0 Å². The van der Waals surface area contributed by atoms with E-state index in [0.717, 1.165) is 18.4 Å². The molecular formula is C20H19F2N5O2. The molecule has 0 bridgehead atoms. The Balaban J connectivity index is 1.80. The molecule has 7 nitrogen and oxygen atoms in total. The summed E-state index contributed by atoms with van der Waals surface area (Å²) in [5, 5.41) is 15.2. The van der Waals surface area contributed by atoms with Crippen LogP contribution >= 0.6 is 0 Å². The Hall–Kier alpha value is -3.49. The van der Waals surface area contributed by atoms with Crippen molar-refractivity contribution in [2.45, 2.75) is 19.3 Å². The van der Waals surface area contributed by atoms with Crippen molar-refractivity contribution in [2.24, 2.45) is 7.05 Å². The number of alkyl halides is 2. The molecule has 1 aliphatic heterocycles. The van der Waals surface area contributed by atoms with Gasteiger partial charge in [-0.1, -0.05) is 6.07 Å². The van der Waals surface area contributed by atoms with Gasteiger partial charge in [-0.05, 0) is 48.2 Å². The van der Waals surface area contributed by atoms with Crippen LogP contribution in [0.4, 0.5) is 30.9 Å². The quantitative estimate of drug-likeness (QED) is 0.670. The molecule has 0 radical (unpaired) electrons. The first-order valence-corrected chi connectivity index (χ1v) is 9.11. The molecule has 0 saturated carbocycles. The van der Waals surface area contributed by atoms with E-state index in [1.807, 2.05) is 4.90 Å². The molecular weight excluding hydrogens is 380 g/mol. The fourth-order valence-corrected chi connectivity index (χ4v) is 3.63. The third kappa shape index (κ3) is 3.75. The zero-order valence-corrected chi connectivity index (χ0v) is 15.6.